The van der Waals surface area contributed by atoms with Crippen molar-refractivity contribution in [3.63, 3.8) is 0 Å². The summed E-state index contributed by atoms with van der Waals surface area (Å²) in [6.45, 7) is 3.40. The second-order valence-corrected chi connectivity index (χ2v) is 7.76. The van der Waals surface area contributed by atoms with Gasteiger partial charge in [0.15, 0.2) is 0 Å². The molecule has 0 saturated heterocycles. The highest BCUT2D eigenvalue weighted by molar-refractivity contribution is 5.73. The third-order valence-corrected chi connectivity index (χ3v) is 5.32. The van der Waals surface area contributed by atoms with E-state index in [1.807, 2.05) is 0 Å². The second-order valence-electron chi connectivity index (χ2n) is 7.76. The number of aromatic nitrogens is 3. The molecule has 5 nitrogen and oxygen atoms in total. The van der Waals surface area contributed by atoms with Crippen LogP contribution in [0.3, 0.4) is 0 Å². The Balaban J connectivity index is 1.69. The minimum atomic E-state index is -4.57. The monoisotopic (exact) mass is 479 g/mol. The molecule has 11 heteroatoms. The molecule has 0 amide bonds. The zero-order valence-corrected chi connectivity index (χ0v) is 18.1. The van der Waals surface area contributed by atoms with Crippen LogP contribution in [0.5, 0.6) is 0 Å². The van der Waals surface area contributed by atoms with Crippen molar-refractivity contribution in [3.05, 3.63) is 76.5 Å². The average Bonchev–Trinajstić information content (AvgIpc) is 2.96. The molecule has 1 aromatic carbocycles. The van der Waals surface area contributed by atoms with Crippen molar-refractivity contribution in [1.29, 1.82) is 0 Å². The molecule has 3 heterocycles. The Morgan fingerprint density at radius 3 is 2.41 bits per heavy atom. The maximum absolute atomic E-state index is 13.5. The Kier molecular flexibility index (Phi) is 5.96. The van der Waals surface area contributed by atoms with Gasteiger partial charge in [0.1, 0.15) is 17.5 Å². The Morgan fingerprint density at radius 2 is 1.74 bits per heavy atom. The number of nitrogens with one attached hydrogen (secondary N) is 1. The van der Waals surface area contributed by atoms with Gasteiger partial charge < -0.3 is 10.2 Å². The summed E-state index contributed by atoms with van der Waals surface area (Å²) in [6.07, 6.45) is -4.37. The predicted octanol–water partition coefficient (Wildman–Crippen LogP) is 6.30. The minimum absolute atomic E-state index is 0.193. The van der Waals surface area contributed by atoms with E-state index in [1.54, 1.807) is 19.9 Å². The van der Waals surface area contributed by atoms with E-state index >= 15 is 0 Å². The van der Waals surface area contributed by atoms with Gasteiger partial charge in [0.25, 0.3) is 0 Å². The molecule has 0 saturated carbocycles. The Bertz CT molecular complexity index is 1250. The number of rotatable bonds is 3. The van der Waals surface area contributed by atoms with Crippen LogP contribution < -0.4 is 10.2 Å². The van der Waals surface area contributed by atoms with E-state index in [9.17, 15) is 26.3 Å². The van der Waals surface area contributed by atoms with Crippen LogP contribution >= 0.6 is 0 Å². The smallest absolute Gasteiger partial charge is 0.339 e. The molecule has 34 heavy (non-hydrogen) atoms. The lowest BCUT2D eigenvalue weighted by Gasteiger charge is -2.21. The van der Waals surface area contributed by atoms with Gasteiger partial charge in [0.2, 0.25) is 0 Å². The minimum Gasteiger partial charge on any atom is -0.339 e. The first kappa shape index (κ1) is 23.5. The molecule has 0 unspecified atom stereocenters. The molecule has 2 aromatic heterocycles. The van der Waals surface area contributed by atoms with E-state index in [2.05, 4.69) is 20.3 Å². The molecule has 1 aliphatic rings. The van der Waals surface area contributed by atoms with Crippen LogP contribution in [0.25, 0.3) is 6.08 Å². The average molecular weight is 479 g/mol. The maximum atomic E-state index is 13.5. The van der Waals surface area contributed by atoms with Gasteiger partial charge in [0.05, 0.1) is 16.8 Å². The van der Waals surface area contributed by atoms with E-state index in [1.165, 1.54) is 29.4 Å². The van der Waals surface area contributed by atoms with Gasteiger partial charge in [-0.1, -0.05) is 0 Å². The fourth-order valence-corrected chi connectivity index (χ4v) is 3.70. The molecule has 178 valence electrons. The molecule has 0 aliphatic carbocycles. The third-order valence-electron chi connectivity index (χ3n) is 5.32. The van der Waals surface area contributed by atoms with Crippen LogP contribution in [0.4, 0.5) is 43.7 Å². The van der Waals surface area contributed by atoms with E-state index in [4.69, 9.17) is 0 Å². The highest BCUT2D eigenvalue weighted by Gasteiger charge is 2.35. The summed E-state index contributed by atoms with van der Waals surface area (Å²) in [7, 11) is 0. The summed E-state index contributed by atoms with van der Waals surface area (Å²) in [6, 6.07) is 5.52. The number of halogens is 6. The van der Waals surface area contributed by atoms with E-state index in [0.29, 0.717) is 40.6 Å². The number of anilines is 3. The molecule has 0 radical (unpaired) electrons. The fraction of sp³-hybridized carbons (Fsp3) is 0.261. The molecule has 0 atom stereocenters. The van der Waals surface area contributed by atoms with Gasteiger partial charge in [-0.05, 0) is 55.8 Å². The fourth-order valence-electron chi connectivity index (χ4n) is 3.70. The van der Waals surface area contributed by atoms with E-state index in [0.717, 1.165) is 18.2 Å². The molecule has 1 aliphatic heterocycles. The molecule has 0 spiro atoms. The third kappa shape index (κ3) is 4.82. The Hall–Kier alpha value is -3.63. The van der Waals surface area contributed by atoms with Crippen molar-refractivity contribution in [1.82, 2.24) is 15.0 Å². The van der Waals surface area contributed by atoms with Crippen LogP contribution in [0, 0.1) is 13.8 Å². The van der Waals surface area contributed by atoms with Crippen LogP contribution in [-0.2, 0) is 18.8 Å². The molecule has 0 fully saturated rings. The standard InChI is InChI=1S/C23H19F6N5/c1-13-12-15(22(24,25)26)5-6-18(13)33-20-16-7-10-34(11-8-19(16)31-14(2)32-20)21-17(23(27,28)29)4-3-9-30-21/h3-7,9-10,12H,8,11H2,1-2H3,(H,31,32,33). The lowest BCUT2D eigenvalue weighted by Crippen LogP contribution is -2.23. The van der Waals surface area contributed by atoms with Crippen LogP contribution in [0.1, 0.15) is 33.8 Å². The number of alkyl halides is 6. The topological polar surface area (TPSA) is 53.9 Å². The first-order chi connectivity index (χ1) is 15.9. The highest BCUT2D eigenvalue weighted by Crippen LogP contribution is 2.37. The number of pyridine rings is 1. The van der Waals surface area contributed by atoms with Gasteiger partial charge in [0, 0.05) is 36.6 Å². The van der Waals surface area contributed by atoms with Crippen molar-refractivity contribution in [3.8, 4) is 0 Å². The molecular weight excluding hydrogens is 460 g/mol. The summed E-state index contributed by atoms with van der Waals surface area (Å²) in [5, 5.41) is 3.05. The first-order valence-corrected chi connectivity index (χ1v) is 10.2. The van der Waals surface area contributed by atoms with Crippen molar-refractivity contribution in [2.75, 3.05) is 16.8 Å². The second kappa shape index (κ2) is 8.62. The maximum Gasteiger partial charge on any atom is 0.419 e. The summed E-state index contributed by atoms with van der Waals surface area (Å²) in [5.74, 6) is 0.541. The highest BCUT2D eigenvalue weighted by atomic mass is 19.4. The van der Waals surface area contributed by atoms with Gasteiger partial charge in [-0.15, -0.1) is 0 Å². The number of fused-ring (bicyclic) bond motifs is 1. The van der Waals surface area contributed by atoms with E-state index in [-0.39, 0.29) is 12.4 Å². The van der Waals surface area contributed by atoms with Gasteiger partial charge in [-0.25, -0.2) is 15.0 Å². The van der Waals surface area contributed by atoms with Crippen molar-refractivity contribution in [2.45, 2.75) is 32.6 Å². The molecule has 1 N–H and O–H groups in total. The van der Waals surface area contributed by atoms with Crippen LogP contribution in [0.2, 0.25) is 0 Å². The van der Waals surface area contributed by atoms with Crippen LogP contribution in [0.15, 0.2) is 42.7 Å². The van der Waals surface area contributed by atoms with Gasteiger partial charge in [-0.3, -0.25) is 0 Å². The number of hydrogen-bond donors (Lipinski definition) is 1. The largest absolute Gasteiger partial charge is 0.419 e. The summed E-state index contributed by atoms with van der Waals surface area (Å²) < 4.78 is 79.4. The predicted molar refractivity (Wildman–Crippen MR) is 116 cm³/mol. The molecule has 0 bridgehead atoms. The zero-order valence-electron chi connectivity index (χ0n) is 18.1. The normalized spacial score (nSPS) is 14.1. The quantitative estimate of drug-likeness (QED) is 0.447. The SMILES string of the molecule is Cc1nc2c(c(Nc3ccc(C(F)(F)F)cc3C)n1)C=CN(c1ncccc1C(F)(F)F)CC2. The lowest BCUT2D eigenvalue weighted by atomic mass is 10.1. The lowest BCUT2D eigenvalue weighted by molar-refractivity contribution is -0.138. The number of hydrogen-bond acceptors (Lipinski definition) is 5. The van der Waals surface area contributed by atoms with Crippen molar-refractivity contribution >= 4 is 23.4 Å². The molecular formula is C23H19F6N5. The van der Waals surface area contributed by atoms with E-state index < -0.39 is 23.5 Å². The van der Waals surface area contributed by atoms with Crippen LogP contribution in [-0.4, -0.2) is 21.5 Å². The van der Waals surface area contributed by atoms with Gasteiger partial charge in [-0.2, -0.15) is 26.3 Å². The molecule has 4 rings (SSSR count). The summed E-state index contributed by atoms with van der Waals surface area (Å²) in [5.41, 5.74) is 0.306. The Labute approximate surface area is 191 Å². The summed E-state index contributed by atoms with van der Waals surface area (Å²) >= 11 is 0. The van der Waals surface area contributed by atoms with Crippen molar-refractivity contribution in [2.24, 2.45) is 0 Å². The van der Waals surface area contributed by atoms with Crippen molar-refractivity contribution < 1.29 is 26.3 Å². The summed E-state index contributed by atoms with van der Waals surface area (Å²) in [4.78, 5) is 14.1. The number of nitrogens with zero attached hydrogens (tertiary/aromatic N) is 4. The zero-order chi connectivity index (χ0) is 24.7. The number of aryl methyl sites for hydroxylation is 2. The Morgan fingerprint density at radius 1 is 0.971 bits per heavy atom. The first-order valence-electron chi connectivity index (χ1n) is 10.2. The molecule has 3 aromatic rings. The van der Waals surface area contributed by atoms with Gasteiger partial charge >= 0.3 is 12.4 Å². The number of benzene rings is 1.